The number of benzene rings is 2. The molecule has 0 saturated carbocycles. The Morgan fingerprint density at radius 1 is 1.15 bits per heavy atom. The summed E-state index contributed by atoms with van der Waals surface area (Å²) >= 11 is 5.91. The molecule has 0 unspecified atom stereocenters. The Kier molecular flexibility index (Phi) is 4.49. The summed E-state index contributed by atoms with van der Waals surface area (Å²) in [7, 11) is 0. The molecule has 4 rings (SSSR count). The number of rotatable bonds is 5. The smallest absolute Gasteiger partial charge is 0.419 e. The molecule has 0 aliphatic rings. The van der Waals surface area contributed by atoms with Gasteiger partial charge in [0, 0.05) is 29.4 Å². The molecule has 0 bridgehead atoms. The second-order valence-electron chi connectivity index (χ2n) is 6.36. The van der Waals surface area contributed by atoms with E-state index in [-0.39, 0.29) is 24.9 Å². The Morgan fingerprint density at radius 3 is 2.78 bits per heavy atom. The Morgan fingerprint density at radius 2 is 1.96 bits per heavy atom. The minimum Gasteiger partial charge on any atom is -0.459 e. The number of halogens is 1. The summed E-state index contributed by atoms with van der Waals surface area (Å²) in [5, 5.41) is 4.37. The number of fused-ring (bicyclic) bond motifs is 2. The number of carbonyl (C=O) groups excluding carboxylic acids is 1. The fourth-order valence-corrected chi connectivity index (χ4v) is 3.23. The minimum atomic E-state index is -0.509. The molecule has 2 heterocycles. The fraction of sp³-hybridized carbons (Fsp3) is 0.200. The van der Waals surface area contributed by atoms with Crippen molar-refractivity contribution >= 4 is 39.6 Å². The third kappa shape index (κ3) is 3.48. The van der Waals surface area contributed by atoms with Crippen LogP contribution in [0.5, 0.6) is 0 Å². The number of aryl methyl sites for hydroxylation is 1. The van der Waals surface area contributed by atoms with Crippen LogP contribution in [-0.4, -0.2) is 10.5 Å². The van der Waals surface area contributed by atoms with Gasteiger partial charge < -0.3 is 14.2 Å². The first-order valence-electron chi connectivity index (χ1n) is 8.58. The second-order valence-corrected chi connectivity index (χ2v) is 6.79. The number of amides is 1. The predicted molar refractivity (Wildman–Crippen MR) is 103 cm³/mol. The van der Waals surface area contributed by atoms with E-state index in [9.17, 15) is 9.59 Å². The molecule has 1 amide bonds. The van der Waals surface area contributed by atoms with Gasteiger partial charge >= 0.3 is 5.76 Å². The Hall–Kier alpha value is -2.99. The van der Waals surface area contributed by atoms with Crippen LogP contribution in [0.25, 0.3) is 22.1 Å². The van der Waals surface area contributed by atoms with Gasteiger partial charge in [-0.1, -0.05) is 29.8 Å². The molecule has 2 aromatic heterocycles. The van der Waals surface area contributed by atoms with Crippen molar-refractivity contribution in [2.75, 3.05) is 0 Å². The van der Waals surface area contributed by atoms with Crippen LogP contribution in [0.15, 0.2) is 62.2 Å². The zero-order valence-corrected chi connectivity index (χ0v) is 15.3. The highest BCUT2D eigenvalue weighted by atomic mass is 35.5. The van der Waals surface area contributed by atoms with Crippen molar-refractivity contribution in [3.8, 4) is 0 Å². The number of carbonyl (C=O) groups is 1. The van der Waals surface area contributed by atoms with Crippen molar-refractivity contribution in [2.24, 2.45) is 0 Å². The van der Waals surface area contributed by atoms with E-state index in [4.69, 9.17) is 20.4 Å². The summed E-state index contributed by atoms with van der Waals surface area (Å²) in [5.74, 6) is -0.00584. The van der Waals surface area contributed by atoms with Crippen molar-refractivity contribution in [2.45, 2.75) is 25.9 Å². The van der Waals surface area contributed by atoms with Gasteiger partial charge in [-0.15, -0.1) is 0 Å². The first-order chi connectivity index (χ1) is 13.0. The van der Waals surface area contributed by atoms with Gasteiger partial charge in [0.25, 0.3) is 0 Å². The number of hydrogen-bond acceptors (Lipinski definition) is 4. The van der Waals surface area contributed by atoms with Gasteiger partial charge in [0.2, 0.25) is 5.91 Å². The maximum Gasteiger partial charge on any atom is 0.419 e. The lowest BCUT2D eigenvalue weighted by atomic mass is 10.2. The maximum absolute atomic E-state index is 12.3. The average molecular weight is 385 g/mol. The molecule has 0 fully saturated rings. The Balaban J connectivity index is 1.44. The van der Waals surface area contributed by atoms with Crippen LogP contribution in [0.4, 0.5) is 0 Å². The number of aromatic nitrogens is 1. The van der Waals surface area contributed by atoms with Gasteiger partial charge in [-0.2, -0.15) is 0 Å². The first-order valence-corrected chi connectivity index (χ1v) is 8.96. The lowest BCUT2D eigenvalue weighted by Gasteiger charge is -2.11. The number of furan rings is 1. The number of nitrogens with zero attached hydrogens (tertiary/aromatic N) is 1. The highest BCUT2D eigenvalue weighted by Crippen LogP contribution is 2.23. The van der Waals surface area contributed by atoms with E-state index in [2.05, 4.69) is 5.32 Å². The van der Waals surface area contributed by atoms with Crippen LogP contribution in [-0.2, 0) is 11.3 Å². The molecular weight excluding hydrogens is 368 g/mol. The van der Waals surface area contributed by atoms with Crippen molar-refractivity contribution in [1.82, 2.24) is 9.88 Å². The first kappa shape index (κ1) is 17.4. The Bertz CT molecular complexity index is 1150. The van der Waals surface area contributed by atoms with Gasteiger partial charge in [-0.05, 0) is 31.2 Å². The quantitative estimate of drug-likeness (QED) is 0.557. The second kappa shape index (κ2) is 6.96. The number of hydrogen-bond donors (Lipinski definition) is 1. The van der Waals surface area contributed by atoms with Gasteiger partial charge in [-0.3, -0.25) is 9.36 Å². The molecule has 0 spiro atoms. The summed E-state index contributed by atoms with van der Waals surface area (Å²) in [4.78, 5) is 24.3. The molecule has 2 aromatic carbocycles. The van der Waals surface area contributed by atoms with E-state index in [1.807, 2.05) is 37.3 Å². The zero-order chi connectivity index (χ0) is 19.0. The SMILES string of the molecule is C[C@H](NC(=O)CCn1c(=O)oc2cc(Cl)ccc21)c1cc2ccccc2o1. The number of nitrogens with one attached hydrogen (secondary N) is 1. The average Bonchev–Trinajstić information content (AvgIpc) is 3.20. The van der Waals surface area contributed by atoms with E-state index >= 15 is 0 Å². The van der Waals surface area contributed by atoms with Crippen molar-refractivity contribution in [1.29, 1.82) is 0 Å². The van der Waals surface area contributed by atoms with E-state index < -0.39 is 5.76 Å². The van der Waals surface area contributed by atoms with Crippen LogP contribution in [0.1, 0.15) is 25.1 Å². The minimum absolute atomic E-state index is 0.141. The highest BCUT2D eigenvalue weighted by Gasteiger charge is 2.16. The number of oxazole rings is 1. The summed E-state index contributed by atoms with van der Waals surface area (Å²) in [5.41, 5.74) is 1.80. The molecule has 0 radical (unpaired) electrons. The molecule has 0 aliphatic heterocycles. The maximum atomic E-state index is 12.3. The molecule has 0 aliphatic carbocycles. The van der Waals surface area contributed by atoms with Crippen molar-refractivity contribution in [3.05, 3.63) is 69.9 Å². The zero-order valence-electron chi connectivity index (χ0n) is 14.6. The van der Waals surface area contributed by atoms with Crippen molar-refractivity contribution in [3.63, 3.8) is 0 Å². The van der Waals surface area contributed by atoms with Crippen LogP contribution < -0.4 is 11.1 Å². The molecule has 4 aromatic rings. The predicted octanol–water partition coefficient (Wildman–Crippen LogP) is 4.26. The highest BCUT2D eigenvalue weighted by molar-refractivity contribution is 6.31. The van der Waals surface area contributed by atoms with Gasteiger partial charge in [0.15, 0.2) is 5.58 Å². The van der Waals surface area contributed by atoms with Crippen molar-refractivity contribution < 1.29 is 13.6 Å². The topological polar surface area (TPSA) is 77.4 Å². The monoisotopic (exact) mass is 384 g/mol. The molecule has 0 saturated heterocycles. The standard InChI is InChI=1S/C20H17ClN2O4/c1-12(17-10-13-4-2-3-5-16(13)26-17)22-19(24)8-9-23-15-7-6-14(21)11-18(15)27-20(23)25/h2-7,10-12H,8-9H2,1H3,(H,22,24)/t12-/m0/s1. The molecular formula is C20H17ClN2O4. The normalized spacial score (nSPS) is 12.5. The molecule has 1 N–H and O–H groups in total. The third-order valence-corrected chi connectivity index (χ3v) is 4.68. The van der Waals surface area contributed by atoms with Crippen LogP contribution >= 0.6 is 11.6 Å². The van der Waals surface area contributed by atoms with E-state index in [0.717, 1.165) is 11.0 Å². The van der Waals surface area contributed by atoms with E-state index in [0.29, 0.717) is 21.9 Å². The van der Waals surface area contributed by atoms with Gasteiger partial charge in [-0.25, -0.2) is 4.79 Å². The van der Waals surface area contributed by atoms with Gasteiger partial charge in [0.05, 0.1) is 11.6 Å². The van der Waals surface area contributed by atoms with Crippen LogP contribution in [0, 0.1) is 0 Å². The fourth-order valence-electron chi connectivity index (χ4n) is 3.07. The molecule has 138 valence electrons. The summed E-state index contributed by atoms with van der Waals surface area (Å²) in [6.07, 6.45) is 0.141. The lowest BCUT2D eigenvalue weighted by molar-refractivity contribution is -0.122. The van der Waals surface area contributed by atoms with E-state index in [1.165, 1.54) is 4.57 Å². The van der Waals surface area contributed by atoms with Crippen LogP contribution in [0.3, 0.4) is 0 Å². The summed E-state index contributed by atoms with van der Waals surface area (Å²) in [6.45, 7) is 2.07. The molecule has 1 atom stereocenters. The third-order valence-electron chi connectivity index (χ3n) is 4.44. The lowest BCUT2D eigenvalue weighted by Crippen LogP contribution is -2.28. The summed E-state index contributed by atoms with van der Waals surface area (Å²) < 4.78 is 12.4. The number of para-hydroxylation sites is 1. The Labute approximate surface area is 159 Å². The largest absolute Gasteiger partial charge is 0.459 e. The molecule has 6 nitrogen and oxygen atoms in total. The van der Waals surface area contributed by atoms with Gasteiger partial charge in [0.1, 0.15) is 11.3 Å². The molecule has 27 heavy (non-hydrogen) atoms. The summed E-state index contributed by atoms with van der Waals surface area (Å²) in [6, 6.07) is 14.3. The van der Waals surface area contributed by atoms with E-state index in [1.54, 1.807) is 18.2 Å². The molecule has 7 heteroatoms. The van der Waals surface area contributed by atoms with Crippen LogP contribution in [0.2, 0.25) is 5.02 Å².